The Balaban J connectivity index is 1.90. The lowest BCUT2D eigenvalue weighted by atomic mass is 10.2. The number of thiophene rings is 1. The van der Waals surface area contributed by atoms with E-state index in [9.17, 15) is 19.7 Å². The largest absolute Gasteiger partial charge is 0.315 e. The Morgan fingerprint density at radius 2 is 2.24 bits per heavy atom. The highest BCUT2D eigenvalue weighted by Gasteiger charge is 2.13. The quantitative estimate of drug-likeness (QED) is 0.561. The molecule has 3 rings (SSSR count). The van der Waals surface area contributed by atoms with Crippen LogP contribution in [-0.4, -0.2) is 20.4 Å². The van der Waals surface area contributed by atoms with E-state index >= 15 is 0 Å². The normalized spacial score (nSPS) is 10.4. The molecule has 0 unspecified atom stereocenters. The number of benzene rings is 1. The number of aromatic nitrogens is 2. The number of nitro benzene ring substituents is 1. The number of carbonyl (C=O) groups is 1. The first-order chi connectivity index (χ1) is 12.0. The zero-order valence-electron chi connectivity index (χ0n) is 12.5. The van der Waals surface area contributed by atoms with Crippen molar-refractivity contribution in [1.82, 2.24) is 9.55 Å². The molecule has 25 heavy (non-hydrogen) atoms. The highest BCUT2D eigenvalue weighted by molar-refractivity contribution is 7.14. The minimum Gasteiger partial charge on any atom is -0.315 e. The van der Waals surface area contributed by atoms with Gasteiger partial charge in [0, 0.05) is 12.1 Å². The topological polar surface area (TPSA) is 131 Å². The Morgan fingerprint density at radius 3 is 2.96 bits per heavy atom. The van der Waals surface area contributed by atoms with Gasteiger partial charge < -0.3 is 5.32 Å². The van der Waals surface area contributed by atoms with Gasteiger partial charge in [0.1, 0.15) is 17.6 Å². The highest BCUT2D eigenvalue weighted by Crippen LogP contribution is 2.22. The van der Waals surface area contributed by atoms with Crippen molar-refractivity contribution >= 4 is 38.8 Å². The molecule has 2 heterocycles. The van der Waals surface area contributed by atoms with Crippen molar-refractivity contribution in [2.75, 3.05) is 5.32 Å². The van der Waals surface area contributed by atoms with Gasteiger partial charge in [-0.15, -0.1) is 11.3 Å². The molecule has 1 amide bonds. The van der Waals surface area contributed by atoms with Gasteiger partial charge in [-0.05, 0) is 17.5 Å². The van der Waals surface area contributed by atoms with Crippen LogP contribution in [0, 0.1) is 21.4 Å². The third-order valence-corrected chi connectivity index (χ3v) is 4.20. The minimum absolute atomic E-state index is 0.0540. The maximum absolute atomic E-state index is 12.4. The summed E-state index contributed by atoms with van der Waals surface area (Å²) in [7, 11) is 0. The molecule has 0 aliphatic carbocycles. The fourth-order valence-electron chi connectivity index (χ4n) is 2.19. The third-order valence-electron chi connectivity index (χ3n) is 3.37. The summed E-state index contributed by atoms with van der Waals surface area (Å²) < 4.78 is 1.06. The molecular weight excluding hydrogens is 346 g/mol. The molecule has 0 spiro atoms. The van der Waals surface area contributed by atoms with E-state index in [-0.39, 0.29) is 17.6 Å². The Morgan fingerprint density at radius 1 is 1.44 bits per heavy atom. The number of carbonyl (C=O) groups excluding carboxylic acids is 1. The van der Waals surface area contributed by atoms with Gasteiger partial charge in [-0.2, -0.15) is 5.26 Å². The molecular formula is C15H9N5O4S. The number of nitriles is 1. The Hall–Kier alpha value is -3.58. The van der Waals surface area contributed by atoms with Crippen molar-refractivity contribution in [3.63, 3.8) is 0 Å². The van der Waals surface area contributed by atoms with E-state index < -0.39 is 16.4 Å². The van der Waals surface area contributed by atoms with E-state index in [1.54, 1.807) is 11.4 Å². The predicted octanol–water partition coefficient (Wildman–Crippen LogP) is 1.88. The summed E-state index contributed by atoms with van der Waals surface area (Å²) >= 11 is 1.19. The van der Waals surface area contributed by atoms with E-state index in [1.807, 2.05) is 6.07 Å². The monoisotopic (exact) mass is 355 g/mol. The lowest BCUT2D eigenvalue weighted by Crippen LogP contribution is -2.27. The van der Waals surface area contributed by atoms with E-state index in [4.69, 9.17) is 5.26 Å². The summed E-state index contributed by atoms with van der Waals surface area (Å²) in [5, 5.41) is 24.4. The fourth-order valence-corrected chi connectivity index (χ4v) is 2.94. The lowest BCUT2D eigenvalue weighted by molar-refractivity contribution is -0.384. The number of hydrogen-bond acceptors (Lipinski definition) is 7. The first-order valence-corrected chi connectivity index (χ1v) is 7.78. The molecule has 0 radical (unpaired) electrons. The number of nitrogens with zero attached hydrogens (tertiary/aromatic N) is 4. The number of nitrogens with one attached hydrogen (secondary N) is 1. The Labute approximate surface area is 143 Å². The average Bonchev–Trinajstić information content (AvgIpc) is 3.04. The first kappa shape index (κ1) is 16.3. The standard InChI is InChI=1S/C15H9N5O4S/c16-6-9-3-4-25-14(9)18-13(21)7-19-8-17-12-2-1-10(20(23)24)5-11(12)15(19)22/h1-5,8H,7H2,(H,18,21). The summed E-state index contributed by atoms with van der Waals surface area (Å²) in [4.78, 5) is 38.8. The molecule has 9 nitrogen and oxygen atoms in total. The smallest absolute Gasteiger partial charge is 0.270 e. The molecule has 0 bridgehead atoms. The molecule has 1 N–H and O–H groups in total. The van der Waals surface area contributed by atoms with E-state index in [0.29, 0.717) is 16.1 Å². The van der Waals surface area contributed by atoms with Gasteiger partial charge in [-0.3, -0.25) is 24.3 Å². The van der Waals surface area contributed by atoms with Crippen molar-refractivity contribution in [2.45, 2.75) is 6.54 Å². The van der Waals surface area contributed by atoms with Gasteiger partial charge in [-0.25, -0.2) is 4.98 Å². The van der Waals surface area contributed by atoms with Gasteiger partial charge in [0.15, 0.2) is 0 Å². The zero-order chi connectivity index (χ0) is 18.0. The highest BCUT2D eigenvalue weighted by atomic mass is 32.1. The molecule has 2 aromatic heterocycles. The van der Waals surface area contributed by atoms with Crippen LogP contribution < -0.4 is 10.9 Å². The first-order valence-electron chi connectivity index (χ1n) is 6.90. The minimum atomic E-state index is -0.608. The van der Waals surface area contributed by atoms with Crippen LogP contribution in [-0.2, 0) is 11.3 Å². The second kappa shape index (κ2) is 6.50. The van der Waals surface area contributed by atoms with Crippen LogP contribution in [0.1, 0.15) is 5.56 Å². The number of fused-ring (bicyclic) bond motifs is 1. The summed E-state index contributed by atoms with van der Waals surface area (Å²) in [5.74, 6) is -0.507. The number of amides is 1. The Bertz CT molecular complexity index is 1100. The second-order valence-electron chi connectivity index (χ2n) is 4.96. The van der Waals surface area contributed by atoms with Crippen molar-refractivity contribution in [3.05, 3.63) is 62.0 Å². The summed E-state index contributed by atoms with van der Waals surface area (Å²) in [6, 6.07) is 7.29. The van der Waals surface area contributed by atoms with Gasteiger partial charge >= 0.3 is 0 Å². The van der Waals surface area contributed by atoms with E-state index in [0.717, 1.165) is 10.6 Å². The number of anilines is 1. The van der Waals surface area contributed by atoms with Gasteiger partial charge in [0.2, 0.25) is 5.91 Å². The van der Waals surface area contributed by atoms with Gasteiger partial charge in [0.05, 0.1) is 27.7 Å². The molecule has 124 valence electrons. The molecule has 3 aromatic rings. The van der Waals surface area contributed by atoms with Crippen molar-refractivity contribution in [2.24, 2.45) is 0 Å². The molecule has 10 heteroatoms. The fraction of sp³-hybridized carbons (Fsp3) is 0.0667. The molecule has 0 aliphatic rings. The van der Waals surface area contributed by atoms with Crippen LogP contribution in [0.3, 0.4) is 0 Å². The SMILES string of the molecule is N#Cc1ccsc1NC(=O)Cn1cnc2ccc([N+](=O)[O-])cc2c1=O. The molecule has 0 saturated carbocycles. The van der Waals surface area contributed by atoms with Crippen LogP contribution in [0.2, 0.25) is 0 Å². The van der Waals surface area contributed by atoms with E-state index in [2.05, 4.69) is 10.3 Å². The zero-order valence-corrected chi connectivity index (χ0v) is 13.3. The maximum atomic E-state index is 12.4. The van der Waals surface area contributed by atoms with Crippen molar-refractivity contribution < 1.29 is 9.72 Å². The number of hydrogen-bond donors (Lipinski definition) is 1. The van der Waals surface area contributed by atoms with Gasteiger partial charge in [0.25, 0.3) is 11.2 Å². The number of rotatable bonds is 4. The lowest BCUT2D eigenvalue weighted by Gasteiger charge is -2.07. The summed E-state index contributed by atoms with van der Waals surface area (Å²) in [6.45, 7) is -0.326. The average molecular weight is 355 g/mol. The molecule has 0 fully saturated rings. The van der Waals surface area contributed by atoms with Gasteiger partial charge in [-0.1, -0.05) is 0 Å². The van der Waals surface area contributed by atoms with Crippen LogP contribution in [0.15, 0.2) is 40.8 Å². The van der Waals surface area contributed by atoms with Crippen molar-refractivity contribution in [3.8, 4) is 6.07 Å². The predicted molar refractivity (Wildman–Crippen MR) is 90.3 cm³/mol. The summed E-state index contributed by atoms with van der Waals surface area (Å²) in [5.41, 5.74) is -0.156. The third kappa shape index (κ3) is 3.22. The molecule has 0 saturated heterocycles. The number of nitro groups is 1. The van der Waals surface area contributed by atoms with Crippen LogP contribution >= 0.6 is 11.3 Å². The van der Waals surface area contributed by atoms with Crippen LogP contribution in [0.4, 0.5) is 10.7 Å². The summed E-state index contributed by atoms with van der Waals surface area (Å²) in [6.07, 6.45) is 1.20. The molecule has 1 aromatic carbocycles. The second-order valence-corrected chi connectivity index (χ2v) is 5.88. The number of non-ortho nitro benzene ring substituents is 1. The van der Waals surface area contributed by atoms with Crippen LogP contribution in [0.5, 0.6) is 0 Å². The molecule has 0 aliphatic heterocycles. The maximum Gasteiger partial charge on any atom is 0.270 e. The Kier molecular flexibility index (Phi) is 4.23. The van der Waals surface area contributed by atoms with Crippen molar-refractivity contribution in [1.29, 1.82) is 5.26 Å². The van der Waals surface area contributed by atoms with Crippen LogP contribution in [0.25, 0.3) is 10.9 Å². The van der Waals surface area contributed by atoms with E-state index in [1.165, 1.54) is 29.8 Å². The molecule has 0 atom stereocenters.